The fourth-order valence-electron chi connectivity index (χ4n) is 1.12. The first-order chi connectivity index (χ1) is 4.43. The summed E-state index contributed by atoms with van der Waals surface area (Å²) in [4.78, 5) is 0. The molecule has 1 saturated heterocycles. The van der Waals surface area contributed by atoms with E-state index in [4.69, 9.17) is 10.6 Å². The zero-order valence-corrected chi connectivity index (χ0v) is 5.60. The van der Waals surface area contributed by atoms with E-state index in [0.717, 1.165) is 38.5 Å². The lowest BCUT2D eigenvalue weighted by molar-refractivity contribution is 0.0664. The predicted molar refractivity (Wildman–Crippen MR) is 35.7 cm³/mol. The third kappa shape index (κ3) is 2.30. The van der Waals surface area contributed by atoms with Crippen LogP contribution in [0, 0.1) is 5.92 Å². The van der Waals surface area contributed by atoms with Crippen LogP contribution in [0.15, 0.2) is 0 Å². The number of ether oxygens (including phenoxy) is 1. The van der Waals surface area contributed by atoms with Crippen molar-refractivity contribution >= 4 is 0 Å². The summed E-state index contributed by atoms with van der Waals surface area (Å²) in [7, 11) is 0. The lowest BCUT2D eigenvalue weighted by atomic mass is 10.0. The molecule has 1 rings (SSSR count). The van der Waals surface area contributed by atoms with Gasteiger partial charge in [0.05, 0.1) is 0 Å². The van der Waals surface area contributed by atoms with E-state index in [1.807, 2.05) is 0 Å². The van der Waals surface area contributed by atoms with E-state index in [1.165, 1.54) is 0 Å². The molecule has 0 aromatic heterocycles. The zero-order chi connectivity index (χ0) is 6.53. The van der Waals surface area contributed by atoms with Gasteiger partial charge in [-0.3, -0.25) is 11.3 Å². The van der Waals surface area contributed by atoms with Gasteiger partial charge in [0.25, 0.3) is 0 Å². The van der Waals surface area contributed by atoms with Crippen LogP contribution in [0.2, 0.25) is 0 Å². The summed E-state index contributed by atoms with van der Waals surface area (Å²) < 4.78 is 5.18. The Bertz CT molecular complexity index is 68.7. The molecule has 0 aromatic carbocycles. The van der Waals surface area contributed by atoms with Crippen molar-refractivity contribution in [3.63, 3.8) is 0 Å². The molecule has 0 saturated carbocycles. The molecular formula is C6H14N2O. The standard InChI is InChI=1S/C6H14N2O/c7-8-5-6-1-3-9-4-2-6/h6,8H,1-5,7H2. The highest BCUT2D eigenvalue weighted by Crippen LogP contribution is 2.12. The molecule has 3 N–H and O–H groups in total. The molecule has 0 aromatic rings. The first kappa shape index (κ1) is 6.99. The lowest BCUT2D eigenvalue weighted by Crippen LogP contribution is -2.31. The van der Waals surface area contributed by atoms with Gasteiger partial charge in [0.1, 0.15) is 0 Å². The van der Waals surface area contributed by atoms with Crippen molar-refractivity contribution in [3.8, 4) is 0 Å². The molecule has 0 atom stereocenters. The molecule has 0 amide bonds. The minimum atomic E-state index is 0.740. The first-order valence-corrected chi connectivity index (χ1v) is 3.44. The van der Waals surface area contributed by atoms with Crippen LogP contribution in [-0.2, 0) is 4.74 Å². The summed E-state index contributed by atoms with van der Waals surface area (Å²) >= 11 is 0. The second kappa shape index (κ2) is 3.82. The van der Waals surface area contributed by atoms with Gasteiger partial charge < -0.3 is 4.74 Å². The van der Waals surface area contributed by atoms with Crippen LogP contribution in [0.4, 0.5) is 0 Å². The van der Waals surface area contributed by atoms with E-state index < -0.39 is 0 Å². The van der Waals surface area contributed by atoms with Crippen molar-refractivity contribution in [2.45, 2.75) is 12.8 Å². The predicted octanol–water partition coefficient (Wildman–Crippen LogP) is -0.124. The molecule has 0 aliphatic carbocycles. The summed E-state index contributed by atoms with van der Waals surface area (Å²) in [5.74, 6) is 5.91. The number of rotatable bonds is 2. The molecule has 0 radical (unpaired) electrons. The van der Waals surface area contributed by atoms with Gasteiger partial charge in [-0.05, 0) is 18.8 Å². The maximum atomic E-state index is 5.18. The lowest BCUT2D eigenvalue weighted by Gasteiger charge is -2.20. The Morgan fingerprint density at radius 3 is 2.67 bits per heavy atom. The molecule has 1 aliphatic rings. The van der Waals surface area contributed by atoms with Gasteiger partial charge in [-0.15, -0.1) is 0 Å². The van der Waals surface area contributed by atoms with Crippen molar-refractivity contribution in [2.75, 3.05) is 19.8 Å². The second-order valence-corrected chi connectivity index (χ2v) is 2.46. The fraction of sp³-hybridized carbons (Fsp3) is 1.00. The highest BCUT2D eigenvalue weighted by atomic mass is 16.5. The van der Waals surface area contributed by atoms with Crippen molar-refractivity contribution in [1.29, 1.82) is 0 Å². The van der Waals surface area contributed by atoms with Crippen LogP contribution >= 0.6 is 0 Å². The van der Waals surface area contributed by atoms with Gasteiger partial charge in [0.2, 0.25) is 0 Å². The van der Waals surface area contributed by atoms with Crippen LogP contribution in [0.1, 0.15) is 12.8 Å². The molecule has 0 spiro atoms. The van der Waals surface area contributed by atoms with Crippen LogP contribution in [0.25, 0.3) is 0 Å². The van der Waals surface area contributed by atoms with E-state index in [-0.39, 0.29) is 0 Å². The minimum absolute atomic E-state index is 0.740. The summed E-state index contributed by atoms with van der Waals surface area (Å²) in [5, 5.41) is 0. The Morgan fingerprint density at radius 2 is 2.11 bits per heavy atom. The summed E-state index contributed by atoms with van der Waals surface area (Å²) in [6, 6.07) is 0. The quantitative estimate of drug-likeness (QED) is 0.404. The highest BCUT2D eigenvalue weighted by molar-refractivity contribution is 4.63. The monoisotopic (exact) mass is 130 g/mol. The average molecular weight is 130 g/mol. The van der Waals surface area contributed by atoms with Crippen LogP contribution in [-0.4, -0.2) is 19.8 Å². The van der Waals surface area contributed by atoms with E-state index in [9.17, 15) is 0 Å². The summed E-state index contributed by atoms with van der Waals surface area (Å²) in [5.41, 5.74) is 2.68. The topological polar surface area (TPSA) is 47.3 Å². The van der Waals surface area contributed by atoms with Crippen molar-refractivity contribution in [3.05, 3.63) is 0 Å². The van der Waals surface area contributed by atoms with Gasteiger partial charge >= 0.3 is 0 Å². The zero-order valence-electron chi connectivity index (χ0n) is 5.60. The van der Waals surface area contributed by atoms with Crippen LogP contribution in [0.3, 0.4) is 0 Å². The third-order valence-corrected chi connectivity index (χ3v) is 1.75. The number of nitrogens with two attached hydrogens (primary N) is 1. The molecule has 3 heteroatoms. The Labute approximate surface area is 55.5 Å². The van der Waals surface area contributed by atoms with E-state index in [1.54, 1.807) is 0 Å². The SMILES string of the molecule is NNCC1CCOCC1. The van der Waals surface area contributed by atoms with Crippen molar-refractivity contribution in [1.82, 2.24) is 5.43 Å². The van der Waals surface area contributed by atoms with Crippen LogP contribution in [0.5, 0.6) is 0 Å². The molecule has 9 heavy (non-hydrogen) atoms. The number of hydrogen-bond acceptors (Lipinski definition) is 3. The fourth-order valence-corrected chi connectivity index (χ4v) is 1.12. The van der Waals surface area contributed by atoms with E-state index >= 15 is 0 Å². The maximum Gasteiger partial charge on any atom is 0.0469 e. The van der Waals surface area contributed by atoms with Gasteiger partial charge in [-0.1, -0.05) is 0 Å². The van der Waals surface area contributed by atoms with Gasteiger partial charge in [0.15, 0.2) is 0 Å². The van der Waals surface area contributed by atoms with E-state index in [2.05, 4.69) is 5.43 Å². The largest absolute Gasteiger partial charge is 0.381 e. The molecule has 1 aliphatic heterocycles. The third-order valence-electron chi connectivity index (χ3n) is 1.75. The first-order valence-electron chi connectivity index (χ1n) is 3.44. The maximum absolute atomic E-state index is 5.18. The van der Waals surface area contributed by atoms with Gasteiger partial charge in [-0.25, -0.2) is 0 Å². The molecule has 3 nitrogen and oxygen atoms in total. The summed E-state index contributed by atoms with van der Waals surface area (Å²) in [6.45, 7) is 2.75. The molecule has 0 unspecified atom stereocenters. The highest BCUT2D eigenvalue weighted by Gasteiger charge is 2.11. The molecule has 1 fully saturated rings. The Balaban J connectivity index is 2.08. The normalized spacial score (nSPS) is 22.3. The number of hydrazine groups is 1. The Hall–Kier alpha value is -0.120. The molecular weight excluding hydrogens is 116 g/mol. The Morgan fingerprint density at radius 1 is 1.44 bits per heavy atom. The van der Waals surface area contributed by atoms with Gasteiger partial charge in [-0.2, -0.15) is 0 Å². The average Bonchev–Trinajstić information content (AvgIpc) is 1.91. The van der Waals surface area contributed by atoms with Crippen molar-refractivity contribution < 1.29 is 4.74 Å². The molecule has 1 heterocycles. The second-order valence-electron chi connectivity index (χ2n) is 2.46. The number of hydrogen-bond donors (Lipinski definition) is 2. The molecule has 54 valence electrons. The van der Waals surface area contributed by atoms with E-state index in [0.29, 0.717) is 0 Å². The number of nitrogens with one attached hydrogen (secondary N) is 1. The van der Waals surface area contributed by atoms with Crippen molar-refractivity contribution in [2.24, 2.45) is 11.8 Å². The Kier molecular flexibility index (Phi) is 2.97. The van der Waals surface area contributed by atoms with Gasteiger partial charge in [0, 0.05) is 19.8 Å². The summed E-state index contributed by atoms with van der Waals surface area (Å²) in [6.07, 6.45) is 2.31. The van der Waals surface area contributed by atoms with Crippen LogP contribution < -0.4 is 11.3 Å². The smallest absolute Gasteiger partial charge is 0.0469 e. The minimum Gasteiger partial charge on any atom is -0.381 e. The molecule has 0 bridgehead atoms.